The third kappa shape index (κ3) is 4.68. The molecule has 0 bridgehead atoms. The first-order valence-corrected chi connectivity index (χ1v) is 12.3. The summed E-state index contributed by atoms with van der Waals surface area (Å²) in [6.07, 6.45) is 7.00. The number of fused-ring (bicyclic) bond motifs is 1. The van der Waals surface area contributed by atoms with Crippen molar-refractivity contribution in [1.29, 1.82) is 0 Å². The standard InChI is InChI=1S/C26H34N2O5/c1-15-8-7-11-22(16(15)2)27-23(29)17(3)33-26(32)18-12-13-20-21(14-18)25(31)28(24(20)30)19-9-5-4-6-10-19/h12-17,19,22H,4-11H2,1-3H3,(H,27,29)/t15-,16-,17-,22+/m0/s1. The maximum absolute atomic E-state index is 13.0. The Morgan fingerprint density at radius 2 is 1.67 bits per heavy atom. The fraction of sp³-hybridized carbons (Fsp3) is 0.615. The number of carbonyl (C=O) groups is 4. The van der Waals surface area contributed by atoms with Crippen molar-refractivity contribution < 1.29 is 23.9 Å². The average molecular weight is 455 g/mol. The largest absolute Gasteiger partial charge is 0.449 e. The van der Waals surface area contributed by atoms with Gasteiger partial charge < -0.3 is 10.1 Å². The van der Waals surface area contributed by atoms with Gasteiger partial charge in [-0.2, -0.15) is 0 Å². The molecule has 178 valence electrons. The molecule has 4 rings (SSSR count). The molecule has 0 unspecified atom stereocenters. The summed E-state index contributed by atoms with van der Waals surface area (Å²) in [5, 5.41) is 3.03. The molecule has 3 amide bonds. The minimum absolute atomic E-state index is 0.0739. The Hall–Kier alpha value is -2.70. The van der Waals surface area contributed by atoms with E-state index < -0.39 is 12.1 Å². The zero-order valence-electron chi connectivity index (χ0n) is 19.8. The predicted molar refractivity (Wildman–Crippen MR) is 123 cm³/mol. The summed E-state index contributed by atoms with van der Waals surface area (Å²) in [7, 11) is 0. The van der Waals surface area contributed by atoms with Crippen molar-refractivity contribution in [2.45, 2.75) is 90.3 Å². The SMILES string of the molecule is C[C@H]1[C@@H](C)CCC[C@H]1NC(=O)[C@H](C)OC(=O)c1ccc2c(c1)C(=O)N(C1CCCCC1)C2=O. The number of nitrogens with one attached hydrogen (secondary N) is 1. The van der Waals surface area contributed by atoms with Gasteiger partial charge in [0, 0.05) is 12.1 Å². The summed E-state index contributed by atoms with van der Waals surface area (Å²) in [5.74, 6) is -0.708. The normalized spacial score (nSPS) is 26.6. The summed E-state index contributed by atoms with van der Waals surface area (Å²) < 4.78 is 5.41. The maximum atomic E-state index is 13.0. The molecule has 33 heavy (non-hydrogen) atoms. The van der Waals surface area contributed by atoms with Gasteiger partial charge in [0.15, 0.2) is 6.10 Å². The number of carbonyl (C=O) groups excluding carboxylic acids is 4. The lowest BCUT2D eigenvalue weighted by molar-refractivity contribution is -0.130. The van der Waals surface area contributed by atoms with E-state index in [1.54, 1.807) is 6.92 Å². The van der Waals surface area contributed by atoms with E-state index in [0.29, 0.717) is 17.4 Å². The van der Waals surface area contributed by atoms with Crippen molar-refractivity contribution in [3.8, 4) is 0 Å². The Labute approximate surface area is 195 Å². The molecule has 3 aliphatic rings. The Morgan fingerprint density at radius 3 is 2.39 bits per heavy atom. The van der Waals surface area contributed by atoms with Crippen LogP contribution in [-0.4, -0.2) is 46.8 Å². The third-order valence-corrected chi connectivity index (χ3v) is 7.78. The van der Waals surface area contributed by atoms with E-state index in [1.807, 2.05) is 0 Å². The number of esters is 1. The summed E-state index contributed by atoms with van der Waals surface area (Å²) in [5.41, 5.74) is 0.732. The van der Waals surface area contributed by atoms with Gasteiger partial charge in [-0.25, -0.2) is 4.79 Å². The van der Waals surface area contributed by atoms with Crippen LogP contribution in [0.5, 0.6) is 0 Å². The van der Waals surface area contributed by atoms with Crippen molar-refractivity contribution in [3.63, 3.8) is 0 Å². The molecule has 1 heterocycles. The molecule has 2 saturated carbocycles. The smallest absolute Gasteiger partial charge is 0.338 e. The van der Waals surface area contributed by atoms with E-state index in [9.17, 15) is 19.2 Å². The van der Waals surface area contributed by atoms with Crippen molar-refractivity contribution in [1.82, 2.24) is 10.2 Å². The number of benzene rings is 1. The van der Waals surface area contributed by atoms with Gasteiger partial charge in [0.2, 0.25) is 0 Å². The van der Waals surface area contributed by atoms with Gasteiger partial charge >= 0.3 is 5.97 Å². The van der Waals surface area contributed by atoms with Crippen molar-refractivity contribution in [3.05, 3.63) is 34.9 Å². The number of amides is 3. The van der Waals surface area contributed by atoms with Crippen LogP contribution in [0.3, 0.4) is 0 Å². The molecule has 0 spiro atoms. The van der Waals surface area contributed by atoms with Crippen LogP contribution in [0.1, 0.15) is 103 Å². The van der Waals surface area contributed by atoms with Gasteiger partial charge in [0.05, 0.1) is 16.7 Å². The Balaban J connectivity index is 1.41. The molecule has 0 saturated heterocycles. The second-order valence-corrected chi connectivity index (χ2v) is 9.96. The van der Waals surface area contributed by atoms with Crippen LogP contribution in [0.4, 0.5) is 0 Å². The molecular weight excluding hydrogens is 420 g/mol. The molecule has 4 atom stereocenters. The first-order chi connectivity index (χ1) is 15.8. The molecule has 2 aliphatic carbocycles. The lowest BCUT2D eigenvalue weighted by Crippen LogP contribution is -2.47. The number of nitrogens with zero attached hydrogens (tertiary/aromatic N) is 1. The van der Waals surface area contributed by atoms with Gasteiger partial charge in [-0.1, -0.05) is 46.0 Å². The first-order valence-electron chi connectivity index (χ1n) is 12.3. The minimum Gasteiger partial charge on any atom is -0.449 e. The van der Waals surface area contributed by atoms with E-state index in [2.05, 4.69) is 19.2 Å². The van der Waals surface area contributed by atoms with Gasteiger partial charge in [-0.3, -0.25) is 19.3 Å². The van der Waals surface area contributed by atoms with Crippen LogP contribution in [0, 0.1) is 11.8 Å². The van der Waals surface area contributed by atoms with Gasteiger partial charge in [0.1, 0.15) is 0 Å². The Morgan fingerprint density at radius 1 is 0.970 bits per heavy atom. The highest BCUT2D eigenvalue weighted by Crippen LogP contribution is 2.32. The van der Waals surface area contributed by atoms with E-state index in [4.69, 9.17) is 4.74 Å². The van der Waals surface area contributed by atoms with Crippen molar-refractivity contribution in [2.75, 3.05) is 0 Å². The fourth-order valence-electron chi connectivity index (χ4n) is 5.43. The summed E-state index contributed by atoms with van der Waals surface area (Å²) in [4.78, 5) is 52.5. The predicted octanol–water partition coefficient (Wildman–Crippen LogP) is 4.10. The zero-order chi connectivity index (χ0) is 23.7. The average Bonchev–Trinajstić information content (AvgIpc) is 3.06. The van der Waals surface area contributed by atoms with Crippen LogP contribution in [0.25, 0.3) is 0 Å². The summed E-state index contributed by atoms with van der Waals surface area (Å²) in [6, 6.07) is 4.44. The van der Waals surface area contributed by atoms with Crippen LogP contribution >= 0.6 is 0 Å². The number of rotatable bonds is 5. The number of hydrogen-bond acceptors (Lipinski definition) is 5. The monoisotopic (exact) mass is 454 g/mol. The highest BCUT2D eigenvalue weighted by molar-refractivity contribution is 6.22. The molecule has 0 aromatic heterocycles. The molecule has 1 N–H and O–H groups in total. The molecule has 1 aromatic rings. The lowest BCUT2D eigenvalue weighted by Gasteiger charge is -2.35. The van der Waals surface area contributed by atoms with Crippen LogP contribution in [0.2, 0.25) is 0 Å². The number of ether oxygens (including phenoxy) is 1. The van der Waals surface area contributed by atoms with E-state index in [0.717, 1.165) is 51.4 Å². The minimum atomic E-state index is -0.953. The van der Waals surface area contributed by atoms with E-state index in [-0.39, 0.29) is 40.9 Å². The Bertz CT molecular complexity index is 952. The van der Waals surface area contributed by atoms with E-state index in [1.165, 1.54) is 23.1 Å². The quantitative estimate of drug-likeness (QED) is 0.534. The van der Waals surface area contributed by atoms with Crippen molar-refractivity contribution in [2.24, 2.45) is 11.8 Å². The second-order valence-electron chi connectivity index (χ2n) is 9.96. The molecule has 2 fully saturated rings. The van der Waals surface area contributed by atoms with Gasteiger partial charge in [-0.15, -0.1) is 0 Å². The third-order valence-electron chi connectivity index (χ3n) is 7.78. The van der Waals surface area contributed by atoms with Crippen molar-refractivity contribution >= 4 is 23.7 Å². The summed E-state index contributed by atoms with van der Waals surface area (Å²) in [6.45, 7) is 5.89. The van der Waals surface area contributed by atoms with Gasteiger partial charge in [-0.05, 0) is 56.2 Å². The highest BCUT2D eigenvalue weighted by Gasteiger charge is 2.40. The molecule has 1 aliphatic heterocycles. The first kappa shape index (κ1) is 23.5. The van der Waals surface area contributed by atoms with Crippen LogP contribution in [-0.2, 0) is 9.53 Å². The molecular formula is C26H34N2O5. The molecule has 0 radical (unpaired) electrons. The Kier molecular flexibility index (Phi) is 6.86. The number of imide groups is 1. The molecule has 1 aromatic carbocycles. The molecule has 7 nitrogen and oxygen atoms in total. The zero-order valence-corrected chi connectivity index (χ0v) is 19.8. The van der Waals surface area contributed by atoms with E-state index >= 15 is 0 Å². The second kappa shape index (κ2) is 9.65. The fourth-order valence-corrected chi connectivity index (χ4v) is 5.43. The van der Waals surface area contributed by atoms with Gasteiger partial charge in [0.25, 0.3) is 17.7 Å². The highest BCUT2D eigenvalue weighted by atomic mass is 16.5. The maximum Gasteiger partial charge on any atom is 0.338 e. The summed E-state index contributed by atoms with van der Waals surface area (Å²) >= 11 is 0. The topological polar surface area (TPSA) is 92.8 Å². The van der Waals surface area contributed by atoms with Crippen LogP contribution < -0.4 is 5.32 Å². The van der Waals surface area contributed by atoms with Crippen LogP contribution in [0.15, 0.2) is 18.2 Å². The lowest BCUT2D eigenvalue weighted by atomic mass is 9.78. The molecule has 7 heteroatoms. The number of hydrogen-bond donors (Lipinski definition) is 1.